The van der Waals surface area contributed by atoms with Gasteiger partial charge >= 0.3 is 5.92 Å². The second-order valence-corrected chi connectivity index (χ2v) is 8.64. The van der Waals surface area contributed by atoms with Crippen molar-refractivity contribution in [2.45, 2.75) is 32.7 Å². The van der Waals surface area contributed by atoms with Gasteiger partial charge in [-0.15, -0.1) is 5.10 Å². The quantitative estimate of drug-likeness (QED) is 0.583. The first-order chi connectivity index (χ1) is 14.0. The molecule has 3 aromatic rings. The molecule has 1 aliphatic rings. The van der Waals surface area contributed by atoms with Gasteiger partial charge < -0.3 is 9.80 Å². The van der Waals surface area contributed by atoms with Gasteiger partial charge in [-0.1, -0.05) is 18.5 Å². The lowest BCUT2D eigenvalue weighted by molar-refractivity contribution is 0.00747. The molecule has 160 valence electrons. The second-order valence-electron chi connectivity index (χ2n) is 8.25. The normalized spacial score (nSPS) is 20.0. The van der Waals surface area contributed by atoms with E-state index < -0.39 is 11.7 Å². The SMILES string of the molecule is Cc1cc(-n2nc(N3C[C@@H](N(C)C)[C@@H](C)C3)c3cnc(Cl)cc32)nc(C(C)(F)F)n1. The molecule has 4 heterocycles. The van der Waals surface area contributed by atoms with Crippen LogP contribution in [0.2, 0.25) is 5.15 Å². The van der Waals surface area contributed by atoms with Gasteiger partial charge in [-0.05, 0) is 26.9 Å². The summed E-state index contributed by atoms with van der Waals surface area (Å²) in [5.41, 5.74) is 1.10. The summed E-state index contributed by atoms with van der Waals surface area (Å²) < 4.78 is 29.4. The summed E-state index contributed by atoms with van der Waals surface area (Å²) in [4.78, 5) is 16.6. The molecule has 3 aromatic heterocycles. The van der Waals surface area contributed by atoms with Gasteiger partial charge in [0.2, 0.25) is 5.82 Å². The highest BCUT2D eigenvalue weighted by Gasteiger charge is 2.34. The lowest BCUT2D eigenvalue weighted by Crippen LogP contribution is -2.34. The van der Waals surface area contributed by atoms with Gasteiger partial charge in [0.15, 0.2) is 11.6 Å². The molecule has 2 atom stereocenters. The van der Waals surface area contributed by atoms with Crippen LogP contribution in [0.4, 0.5) is 14.6 Å². The third kappa shape index (κ3) is 3.72. The number of aryl methyl sites for hydroxylation is 1. The molecule has 0 saturated carbocycles. The molecule has 1 aliphatic heterocycles. The Balaban J connectivity index is 1.87. The van der Waals surface area contributed by atoms with Gasteiger partial charge in [-0.3, -0.25) is 0 Å². The third-order valence-electron chi connectivity index (χ3n) is 5.50. The van der Waals surface area contributed by atoms with Crippen LogP contribution in [0.3, 0.4) is 0 Å². The number of fused-ring (bicyclic) bond motifs is 1. The summed E-state index contributed by atoms with van der Waals surface area (Å²) >= 11 is 6.14. The molecule has 30 heavy (non-hydrogen) atoms. The lowest BCUT2D eigenvalue weighted by atomic mass is 10.1. The van der Waals surface area contributed by atoms with E-state index >= 15 is 0 Å². The molecule has 0 aromatic carbocycles. The standard InChI is InChI=1S/C20H24ClF2N7/c1-11-9-29(10-15(11)28(4)5)18-13-8-24-16(21)7-14(13)30(27-18)17-6-12(2)25-19(26-17)20(3,22)23/h6-8,11,15H,9-10H2,1-5H3/t11-,15+/m0/s1. The number of halogens is 3. The van der Waals surface area contributed by atoms with Crippen LogP contribution in [-0.2, 0) is 5.92 Å². The van der Waals surface area contributed by atoms with E-state index in [-0.39, 0.29) is 5.82 Å². The minimum atomic E-state index is -3.16. The van der Waals surface area contributed by atoms with Crippen LogP contribution in [0.1, 0.15) is 25.4 Å². The summed E-state index contributed by atoms with van der Waals surface area (Å²) in [7, 11) is 4.14. The Bertz CT molecular complexity index is 1090. The van der Waals surface area contributed by atoms with Gasteiger partial charge in [-0.25, -0.2) is 19.6 Å². The first kappa shape index (κ1) is 20.9. The van der Waals surface area contributed by atoms with Crippen molar-refractivity contribution in [3.05, 3.63) is 35.0 Å². The van der Waals surface area contributed by atoms with Gasteiger partial charge in [0.25, 0.3) is 0 Å². The number of nitrogens with zero attached hydrogens (tertiary/aromatic N) is 7. The molecule has 10 heteroatoms. The van der Waals surface area contributed by atoms with Crippen molar-refractivity contribution in [3.8, 4) is 5.82 Å². The fourth-order valence-corrected chi connectivity index (χ4v) is 4.18. The molecule has 0 amide bonds. The van der Waals surface area contributed by atoms with Gasteiger partial charge in [0.1, 0.15) is 5.15 Å². The van der Waals surface area contributed by atoms with Crippen LogP contribution >= 0.6 is 11.6 Å². The van der Waals surface area contributed by atoms with Crippen LogP contribution in [0.25, 0.3) is 16.7 Å². The average molecular weight is 436 g/mol. The maximum atomic E-state index is 13.9. The highest BCUT2D eigenvalue weighted by molar-refractivity contribution is 6.30. The molecule has 7 nitrogen and oxygen atoms in total. The molecule has 0 bridgehead atoms. The molecule has 0 N–H and O–H groups in total. The predicted octanol–water partition coefficient (Wildman–Crippen LogP) is 3.67. The zero-order valence-corrected chi connectivity index (χ0v) is 18.3. The number of rotatable bonds is 4. The predicted molar refractivity (Wildman–Crippen MR) is 113 cm³/mol. The fourth-order valence-electron chi connectivity index (χ4n) is 4.03. The minimum Gasteiger partial charge on any atom is -0.353 e. The van der Waals surface area contributed by atoms with Crippen LogP contribution in [0.5, 0.6) is 0 Å². The first-order valence-electron chi connectivity index (χ1n) is 9.74. The number of hydrogen-bond donors (Lipinski definition) is 0. The summed E-state index contributed by atoms with van der Waals surface area (Å²) in [6, 6.07) is 3.70. The van der Waals surface area contributed by atoms with E-state index in [2.05, 4.69) is 45.8 Å². The number of hydrogen-bond acceptors (Lipinski definition) is 6. The molecule has 0 spiro atoms. The molecule has 0 radical (unpaired) electrons. The number of anilines is 1. The maximum absolute atomic E-state index is 13.9. The zero-order chi connectivity index (χ0) is 21.8. The van der Waals surface area contributed by atoms with Gasteiger partial charge in [-0.2, -0.15) is 8.78 Å². The monoisotopic (exact) mass is 435 g/mol. The average Bonchev–Trinajstić information content (AvgIpc) is 3.20. The Kier molecular flexibility index (Phi) is 5.14. The molecule has 0 aliphatic carbocycles. The minimum absolute atomic E-state index is 0.272. The number of aromatic nitrogens is 5. The van der Waals surface area contributed by atoms with Gasteiger partial charge in [0, 0.05) is 50.1 Å². The van der Waals surface area contributed by atoms with Crippen molar-refractivity contribution >= 4 is 28.3 Å². The second kappa shape index (κ2) is 7.39. The third-order valence-corrected chi connectivity index (χ3v) is 5.71. The highest BCUT2D eigenvalue weighted by Crippen LogP contribution is 2.33. The topological polar surface area (TPSA) is 63.0 Å². The fraction of sp³-hybridized carbons (Fsp3) is 0.500. The molecule has 1 saturated heterocycles. The Hall–Kier alpha value is -2.39. The first-order valence-corrected chi connectivity index (χ1v) is 10.1. The molecule has 4 rings (SSSR count). The summed E-state index contributed by atoms with van der Waals surface area (Å²) in [5.74, 6) is -2.23. The van der Waals surface area contributed by atoms with Crippen molar-refractivity contribution in [2.24, 2.45) is 5.92 Å². The Labute approximate surface area is 178 Å². The van der Waals surface area contributed by atoms with Crippen molar-refractivity contribution in [1.82, 2.24) is 29.6 Å². The highest BCUT2D eigenvalue weighted by atomic mass is 35.5. The summed E-state index contributed by atoms with van der Waals surface area (Å²) in [6.07, 6.45) is 1.67. The number of pyridine rings is 1. The summed E-state index contributed by atoms with van der Waals surface area (Å²) in [6.45, 7) is 6.29. The van der Waals surface area contributed by atoms with E-state index in [0.29, 0.717) is 28.3 Å². The van der Waals surface area contributed by atoms with E-state index in [1.54, 1.807) is 29.9 Å². The van der Waals surface area contributed by atoms with E-state index in [9.17, 15) is 8.78 Å². The van der Waals surface area contributed by atoms with Gasteiger partial charge in [0.05, 0.1) is 10.9 Å². The Morgan fingerprint density at radius 2 is 1.93 bits per heavy atom. The van der Waals surface area contributed by atoms with E-state index in [1.807, 2.05) is 0 Å². The van der Waals surface area contributed by atoms with Crippen LogP contribution < -0.4 is 4.90 Å². The zero-order valence-electron chi connectivity index (χ0n) is 17.6. The molecular weight excluding hydrogens is 412 g/mol. The number of likely N-dealkylation sites (N-methyl/N-ethyl adjacent to an activating group) is 1. The van der Waals surface area contributed by atoms with Crippen molar-refractivity contribution in [2.75, 3.05) is 32.1 Å². The maximum Gasteiger partial charge on any atom is 0.303 e. The smallest absolute Gasteiger partial charge is 0.303 e. The van der Waals surface area contributed by atoms with Crippen LogP contribution in [0.15, 0.2) is 18.3 Å². The Morgan fingerprint density at radius 3 is 2.57 bits per heavy atom. The van der Waals surface area contributed by atoms with Crippen molar-refractivity contribution < 1.29 is 8.78 Å². The van der Waals surface area contributed by atoms with Crippen molar-refractivity contribution in [3.63, 3.8) is 0 Å². The lowest BCUT2D eigenvalue weighted by Gasteiger charge is -2.22. The van der Waals surface area contributed by atoms with E-state index in [0.717, 1.165) is 31.2 Å². The van der Waals surface area contributed by atoms with E-state index in [4.69, 9.17) is 16.7 Å². The molecule has 1 fully saturated rings. The van der Waals surface area contributed by atoms with E-state index in [1.165, 1.54) is 0 Å². The Morgan fingerprint density at radius 1 is 1.20 bits per heavy atom. The molecule has 0 unspecified atom stereocenters. The van der Waals surface area contributed by atoms with Crippen molar-refractivity contribution in [1.29, 1.82) is 0 Å². The largest absolute Gasteiger partial charge is 0.353 e. The van der Waals surface area contributed by atoms with Crippen LogP contribution in [-0.4, -0.2) is 62.9 Å². The van der Waals surface area contributed by atoms with Crippen LogP contribution in [0, 0.1) is 12.8 Å². The molecular formula is C20H24ClF2N7. The summed E-state index contributed by atoms with van der Waals surface area (Å²) in [5, 5.41) is 5.86. The number of alkyl halides is 2.